The highest BCUT2D eigenvalue weighted by atomic mass is 19.1. The molecular weight excluding hydrogens is 285 g/mol. The zero-order valence-electron chi connectivity index (χ0n) is 12.6. The topological polar surface area (TPSA) is 57.6 Å². The van der Waals surface area contributed by atoms with Gasteiger partial charge in [-0.05, 0) is 43.0 Å². The van der Waals surface area contributed by atoms with E-state index in [4.69, 9.17) is 0 Å². The summed E-state index contributed by atoms with van der Waals surface area (Å²) in [6.45, 7) is 1.65. The van der Waals surface area contributed by atoms with E-state index in [1.165, 1.54) is 23.1 Å². The Hall–Kier alpha value is -1.75. The molecular formula is C17H20FNO3. The van der Waals surface area contributed by atoms with Crippen LogP contribution < -0.4 is 0 Å². The van der Waals surface area contributed by atoms with Gasteiger partial charge in [0.1, 0.15) is 5.82 Å². The molecule has 1 heterocycles. The average Bonchev–Trinajstić information content (AvgIpc) is 3.00. The molecule has 0 aromatic heterocycles. The molecule has 2 aliphatic rings. The van der Waals surface area contributed by atoms with Crippen molar-refractivity contribution in [3.63, 3.8) is 0 Å². The third kappa shape index (κ3) is 2.43. The maximum atomic E-state index is 13.1. The highest BCUT2D eigenvalue weighted by molar-refractivity contribution is 6.06. The number of β-amino-alcohol motifs (C(OH)–C–C–N with tert-alkyl or cyclic N) is 1. The van der Waals surface area contributed by atoms with Crippen molar-refractivity contribution in [1.29, 1.82) is 0 Å². The number of benzene rings is 1. The van der Waals surface area contributed by atoms with Crippen LogP contribution in [0.15, 0.2) is 18.2 Å². The fourth-order valence-electron chi connectivity index (χ4n) is 3.77. The number of likely N-dealkylation sites (tertiary alicyclic amines) is 1. The van der Waals surface area contributed by atoms with Crippen molar-refractivity contribution >= 4 is 11.8 Å². The van der Waals surface area contributed by atoms with Gasteiger partial charge in [0, 0.05) is 6.42 Å². The van der Waals surface area contributed by atoms with Crippen LogP contribution in [0.2, 0.25) is 0 Å². The van der Waals surface area contributed by atoms with Gasteiger partial charge in [0.15, 0.2) is 0 Å². The Morgan fingerprint density at radius 2 is 2.00 bits per heavy atom. The van der Waals surface area contributed by atoms with Gasteiger partial charge >= 0.3 is 0 Å². The Balaban J connectivity index is 1.77. The number of aliphatic hydroxyl groups excluding tert-OH is 1. The van der Waals surface area contributed by atoms with Gasteiger partial charge < -0.3 is 5.11 Å². The number of carbonyl (C=O) groups excluding carboxylic acids is 2. The summed E-state index contributed by atoms with van der Waals surface area (Å²) < 4.78 is 13.1. The van der Waals surface area contributed by atoms with E-state index in [-0.39, 0.29) is 30.6 Å². The lowest BCUT2D eigenvalue weighted by molar-refractivity contribution is -0.143. The summed E-state index contributed by atoms with van der Waals surface area (Å²) in [5.41, 5.74) is 0.644. The number of hydrogen-bond donors (Lipinski definition) is 1. The Morgan fingerprint density at radius 3 is 2.64 bits per heavy atom. The van der Waals surface area contributed by atoms with Crippen LogP contribution >= 0.6 is 0 Å². The SMILES string of the molecule is Cc1cc(F)ccc1C(O)CN1C(=O)CC2(CCCC2)C1=O. The lowest BCUT2D eigenvalue weighted by Gasteiger charge is -2.23. The van der Waals surface area contributed by atoms with Crippen LogP contribution in [-0.2, 0) is 9.59 Å². The van der Waals surface area contributed by atoms with Crippen LogP contribution in [0.1, 0.15) is 49.3 Å². The zero-order valence-corrected chi connectivity index (χ0v) is 12.6. The van der Waals surface area contributed by atoms with Gasteiger partial charge in [0.25, 0.3) is 0 Å². The smallest absolute Gasteiger partial charge is 0.236 e. The number of halogens is 1. The third-order valence-electron chi connectivity index (χ3n) is 5.00. The van der Waals surface area contributed by atoms with Crippen molar-refractivity contribution in [2.75, 3.05) is 6.54 Å². The van der Waals surface area contributed by atoms with Crippen molar-refractivity contribution < 1.29 is 19.1 Å². The molecule has 0 bridgehead atoms. The Morgan fingerprint density at radius 1 is 1.32 bits per heavy atom. The van der Waals surface area contributed by atoms with Crippen molar-refractivity contribution in [2.45, 2.75) is 45.1 Å². The van der Waals surface area contributed by atoms with E-state index in [1.807, 2.05) is 0 Å². The first-order chi connectivity index (χ1) is 10.4. The normalized spacial score (nSPS) is 21.9. The number of rotatable bonds is 3. The predicted molar refractivity (Wildman–Crippen MR) is 78.3 cm³/mol. The number of hydrogen-bond acceptors (Lipinski definition) is 3. The minimum atomic E-state index is -0.981. The first kappa shape index (κ1) is 15.2. The molecule has 4 nitrogen and oxygen atoms in total. The Labute approximate surface area is 128 Å². The molecule has 1 aromatic rings. The van der Waals surface area contributed by atoms with Crippen molar-refractivity contribution in [2.24, 2.45) is 5.41 Å². The maximum absolute atomic E-state index is 13.1. The lowest BCUT2D eigenvalue weighted by Crippen LogP contribution is -2.37. The van der Waals surface area contributed by atoms with Crippen molar-refractivity contribution in [3.8, 4) is 0 Å². The molecule has 2 fully saturated rings. The lowest BCUT2D eigenvalue weighted by atomic mass is 9.84. The predicted octanol–water partition coefficient (Wildman–Crippen LogP) is 2.49. The fraction of sp³-hybridized carbons (Fsp3) is 0.529. The molecule has 1 aromatic carbocycles. The summed E-state index contributed by atoms with van der Waals surface area (Å²) in [7, 11) is 0. The van der Waals surface area contributed by atoms with E-state index in [9.17, 15) is 19.1 Å². The summed E-state index contributed by atoms with van der Waals surface area (Å²) in [6.07, 6.45) is 2.77. The Kier molecular flexibility index (Phi) is 3.77. The molecule has 3 rings (SSSR count). The number of carbonyl (C=O) groups is 2. The number of nitrogens with zero attached hydrogens (tertiary/aromatic N) is 1. The van der Waals surface area contributed by atoms with Crippen LogP contribution in [0.3, 0.4) is 0 Å². The van der Waals surface area contributed by atoms with E-state index in [0.29, 0.717) is 11.1 Å². The monoisotopic (exact) mass is 305 g/mol. The van der Waals surface area contributed by atoms with E-state index in [0.717, 1.165) is 25.7 Å². The van der Waals surface area contributed by atoms with Gasteiger partial charge in [0.2, 0.25) is 11.8 Å². The molecule has 1 saturated carbocycles. The highest BCUT2D eigenvalue weighted by Gasteiger charge is 2.52. The van der Waals surface area contributed by atoms with E-state index < -0.39 is 11.5 Å². The quantitative estimate of drug-likeness (QED) is 0.873. The molecule has 22 heavy (non-hydrogen) atoms. The van der Waals surface area contributed by atoms with Crippen molar-refractivity contribution in [3.05, 3.63) is 35.1 Å². The molecule has 1 aliphatic heterocycles. The second kappa shape index (κ2) is 5.47. The van der Waals surface area contributed by atoms with Gasteiger partial charge in [-0.1, -0.05) is 18.9 Å². The van der Waals surface area contributed by atoms with Gasteiger partial charge in [-0.15, -0.1) is 0 Å². The van der Waals surface area contributed by atoms with Gasteiger partial charge in [-0.3, -0.25) is 14.5 Å². The average molecular weight is 305 g/mol. The van der Waals surface area contributed by atoms with Crippen LogP contribution in [0.4, 0.5) is 4.39 Å². The third-order valence-corrected chi connectivity index (χ3v) is 5.00. The molecule has 1 aliphatic carbocycles. The molecule has 0 radical (unpaired) electrons. The van der Waals surface area contributed by atoms with Crippen LogP contribution in [0, 0.1) is 18.2 Å². The molecule has 1 unspecified atom stereocenters. The summed E-state index contributed by atoms with van der Waals surface area (Å²) >= 11 is 0. The first-order valence-corrected chi connectivity index (χ1v) is 7.72. The second-order valence-electron chi connectivity index (χ2n) is 6.49. The maximum Gasteiger partial charge on any atom is 0.236 e. The summed E-state index contributed by atoms with van der Waals surface area (Å²) in [6, 6.07) is 4.12. The summed E-state index contributed by atoms with van der Waals surface area (Å²) in [5.74, 6) is -0.716. The highest BCUT2D eigenvalue weighted by Crippen LogP contribution is 2.47. The van der Waals surface area contributed by atoms with Crippen LogP contribution in [-0.4, -0.2) is 28.4 Å². The minimum Gasteiger partial charge on any atom is -0.387 e. The number of amides is 2. The number of imide groups is 1. The fourth-order valence-corrected chi connectivity index (χ4v) is 3.77. The molecule has 1 atom stereocenters. The largest absolute Gasteiger partial charge is 0.387 e. The van der Waals surface area contributed by atoms with Gasteiger partial charge in [0.05, 0.1) is 18.1 Å². The number of aryl methyl sites for hydroxylation is 1. The minimum absolute atomic E-state index is 0.0497. The van der Waals surface area contributed by atoms with E-state index >= 15 is 0 Å². The van der Waals surface area contributed by atoms with Gasteiger partial charge in [-0.2, -0.15) is 0 Å². The van der Waals surface area contributed by atoms with Crippen LogP contribution in [0.25, 0.3) is 0 Å². The molecule has 2 amide bonds. The second-order valence-corrected chi connectivity index (χ2v) is 6.49. The number of aliphatic hydroxyl groups is 1. The van der Waals surface area contributed by atoms with E-state index in [1.54, 1.807) is 6.92 Å². The first-order valence-electron chi connectivity index (χ1n) is 7.72. The zero-order chi connectivity index (χ0) is 15.9. The van der Waals surface area contributed by atoms with Gasteiger partial charge in [-0.25, -0.2) is 4.39 Å². The molecule has 1 saturated heterocycles. The Bertz CT molecular complexity index is 622. The van der Waals surface area contributed by atoms with E-state index in [2.05, 4.69) is 0 Å². The molecule has 1 N–H and O–H groups in total. The molecule has 1 spiro atoms. The standard InChI is InChI=1S/C17H20FNO3/c1-11-8-12(18)4-5-13(11)14(20)10-19-15(21)9-17(16(19)22)6-2-3-7-17/h4-5,8,14,20H,2-3,6-7,9-10H2,1H3. The summed E-state index contributed by atoms with van der Waals surface area (Å²) in [5, 5.41) is 10.4. The summed E-state index contributed by atoms with van der Waals surface area (Å²) in [4.78, 5) is 26.0. The molecule has 118 valence electrons. The van der Waals surface area contributed by atoms with Crippen molar-refractivity contribution in [1.82, 2.24) is 4.90 Å². The molecule has 5 heteroatoms. The van der Waals surface area contributed by atoms with Crippen LogP contribution in [0.5, 0.6) is 0 Å².